The van der Waals surface area contributed by atoms with Crippen LogP contribution in [0.25, 0.3) is 0 Å². The molecule has 1 aliphatic rings. The van der Waals surface area contributed by atoms with Crippen molar-refractivity contribution < 1.29 is 13.7 Å². The molecule has 1 atom stereocenters. The van der Waals surface area contributed by atoms with Gasteiger partial charge in [-0.05, 0) is 36.9 Å². The Kier molecular flexibility index (Phi) is 5.65. The van der Waals surface area contributed by atoms with Gasteiger partial charge in [-0.25, -0.2) is 0 Å². The van der Waals surface area contributed by atoms with E-state index in [-0.39, 0.29) is 5.41 Å². The van der Waals surface area contributed by atoms with E-state index in [2.05, 4.69) is 13.8 Å². The molecule has 0 aromatic heterocycles. The first-order valence-electron chi connectivity index (χ1n) is 7.50. The molecule has 1 heterocycles. The maximum Gasteiger partial charge on any atom is 0.162 e. The summed E-state index contributed by atoms with van der Waals surface area (Å²) in [5.74, 6) is 2.11. The predicted molar refractivity (Wildman–Crippen MR) is 85.4 cm³/mol. The first-order valence-corrected chi connectivity index (χ1v) is 8.82. The van der Waals surface area contributed by atoms with Gasteiger partial charge in [0.2, 0.25) is 0 Å². The second-order valence-corrected chi connectivity index (χ2v) is 7.75. The quantitative estimate of drug-likeness (QED) is 0.877. The zero-order chi connectivity index (χ0) is 15.3. The van der Waals surface area contributed by atoms with Gasteiger partial charge < -0.3 is 15.2 Å². The van der Waals surface area contributed by atoms with Crippen molar-refractivity contribution in [3.05, 3.63) is 18.2 Å². The Morgan fingerprint density at radius 1 is 1.24 bits per heavy atom. The minimum Gasteiger partial charge on any atom is -0.490 e. The summed E-state index contributed by atoms with van der Waals surface area (Å²) in [6.45, 7) is 6.26. The van der Waals surface area contributed by atoms with E-state index in [9.17, 15) is 4.21 Å². The van der Waals surface area contributed by atoms with Crippen LogP contribution in [0.2, 0.25) is 0 Å². The topological polar surface area (TPSA) is 61.6 Å². The van der Waals surface area contributed by atoms with Crippen molar-refractivity contribution in [2.24, 2.45) is 11.1 Å². The number of ether oxygens (including phenoxy) is 2. The lowest BCUT2D eigenvalue weighted by molar-refractivity contribution is 0.297. The van der Waals surface area contributed by atoms with Gasteiger partial charge in [-0.3, -0.25) is 4.21 Å². The van der Waals surface area contributed by atoms with Crippen molar-refractivity contribution in [2.75, 3.05) is 25.5 Å². The van der Waals surface area contributed by atoms with E-state index in [0.29, 0.717) is 31.3 Å². The van der Waals surface area contributed by atoms with Gasteiger partial charge in [0.25, 0.3) is 0 Å². The van der Waals surface area contributed by atoms with Gasteiger partial charge in [0.05, 0.1) is 24.0 Å². The molecule has 0 aliphatic carbocycles. The lowest BCUT2D eigenvalue weighted by Crippen LogP contribution is -2.23. The first-order chi connectivity index (χ1) is 10.0. The minimum atomic E-state index is -1.00. The van der Waals surface area contributed by atoms with Crippen molar-refractivity contribution >= 4 is 10.8 Å². The number of fused-ring (bicyclic) bond motifs is 1. The maximum atomic E-state index is 12.4. The third-order valence-corrected chi connectivity index (χ3v) is 5.16. The molecule has 1 aromatic rings. The van der Waals surface area contributed by atoms with Crippen LogP contribution in [0.5, 0.6) is 11.5 Å². The van der Waals surface area contributed by atoms with Crippen molar-refractivity contribution in [3.8, 4) is 11.5 Å². The molecule has 2 N–H and O–H groups in total. The highest BCUT2D eigenvalue weighted by atomic mass is 32.2. The van der Waals surface area contributed by atoms with Crippen LogP contribution in [0, 0.1) is 5.41 Å². The van der Waals surface area contributed by atoms with Gasteiger partial charge in [0.1, 0.15) is 0 Å². The van der Waals surface area contributed by atoms with Gasteiger partial charge in [0.15, 0.2) is 11.5 Å². The molecule has 118 valence electrons. The van der Waals surface area contributed by atoms with E-state index < -0.39 is 10.8 Å². The number of benzene rings is 1. The number of hydrogen-bond acceptors (Lipinski definition) is 4. The molecule has 1 unspecified atom stereocenters. The second kappa shape index (κ2) is 7.27. The van der Waals surface area contributed by atoms with Crippen molar-refractivity contribution in [2.45, 2.75) is 38.0 Å². The summed E-state index contributed by atoms with van der Waals surface area (Å²) in [5, 5.41) is 0. The highest BCUT2D eigenvalue weighted by molar-refractivity contribution is 7.85. The Hall–Kier alpha value is -1.07. The monoisotopic (exact) mass is 311 g/mol. The van der Waals surface area contributed by atoms with Crippen LogP contribution in [0.1, 0.15) is 33.1 Å². The zero-order valence-corrected chi connectivity index (χ0v) is 13.7. The van der Waals surface area contributed by atoms with E-state index in [1.165, 1.54) is 0 Å². The van der Waals surface area contributed by atoms with E-state index >= 15 is 0 Å². The molecule has 1 aliphatic heterocycles. The fourth-order valence-corrected chi connectivity index (χ4v) is 3.29. The summed E-state index contributed by atoms with van der Waals surface area (Å²) in [7, 11) is -1.00. The normalized spacial score (nSPS) is 16.3. The molecule has 0 saturated heterocycles. The molecular formula is C16H25NO3S. The third kappa shape index (κ3) is 4.71. The zero-order valence-electron chi connectivity index (χ0n) is 12.9. The SMILES string of the molecule is CC(C)(CN)CCCS(=O)c1ccc2c(c1)OCCCO2. The van der Waals surface area contributed by atoms with Crippen LogP contribution in [0.15, 0.2) is 23.1 Å². The van der Waals surface area contributed by atoms with Crippen molar-refractivity contribution in [1.29, 1.82) is 0 Å². The van der Waals surface area contributed by atoms with E-state index in [1.807, 2.05) is 18.2 Å². The fraction of sp³-hybridized carbons (Fsp3) is 0.625. The van der Waals surface area contributed by atoms with Crippen LogP contribution < -0.4 is 15.2 Å². The van der Waals surface area contributed by atoms with E-state index in [0.717, 1.165) is 29.9 Å². The smallest absolute Gasteiger partial charge is 0.162 e. The van der Waals surface area contributed by atoms with Gasteiger partial charge in [-0.2, -0.15) is 0 Å². The highest BCUT2D eigenvalue weighted by Crippen LogP contribution is 2.31. The minimum absolute atomic E-state index is 0.120. The van der Waals surface area contributed by atoms with Crippen LogP contribution in [-0.4, -0.2) is 29.7 Å². The maximum absolute atomic E-state index is 12.4. The Labute approximate surface area is 129 Å². The molecule has 4 nitrogen and oxygen atoms in total. The average molecular weight is 311 g/mol. The lowest BCUT2D eigenvalue weighted by atomic mass is 9.88. The first kappa shape index (κ1) is 16.3. The van der Waals surface area contributed by atoms with Gasteiger partial charge in [0, 0.05) is 23.1 Å². The molecular weight excluding hydrogens is 286 g/mol. The molecule has 0 saturated carbocycles. The standard InChI is InChI=1S/C16H25NO3S/c1-16(2,12-17)7-3-10-21(18)13-5-6-14-15(11-13)20-9-4-8-19-14/h5-6,11H,3-4,7-10,12,17H2,1-2H3. The molecule has 0 bridgehead atoms. The molecule has 0 fully saturated rings. The van der Waals surface area contributed by atoms with Crippen LogP contribution in [0.4, 0.5) is 0 Å². The Balaban J connectivity index is 1.95. The van der Waals surface area contributed by atoms with Crippen molar-refractivity contribution in [1.82, 2.24) is 0 Å². The fourth-order valence-electron chi connectivity index (χ4n) is 2.19. The molecule has 5 heteroatoms. The van der Waals surface area contributed by atoms with Gasteiger partial charge in [-0.15, -0.1) is 0 Å². The van der Waals surface area contributed by atoms with Crippen molar-refractivity contribution in [3.63, 3.8) is 0 Å². The number of hydrogen-bond donors (Lipinski definition) is 1. The molecule has 2 rings (SSSR count). The molecule has 0 spiro atoms. The van der Waals surface area contributed by atoms with E-state index in [4.69, 9.17) is 15.2 Å². The van der Waals surface area contributed by atoms with Crippen LogP contribution >= 0.6 is 0 Å². The summed E-state index contributed by atoms with van der Waals surface area (Å²) in [4.78, 5) is 0.810. The molecule has 21 heavy (non-hydrogen) atoms. The molecule has 0 amide bonds. The molecule has 0 radical (unpaired) electrons. The number of rotatable bonds is 6. The average Bonchev–Trinajstić information content (AvgIpc) is 2.71. The van der Waals surface area contributed by atoms with Crippen LogP contribution in [0.3, 0.4) is 0 Å². The lowest BCUT2D eigenvalue weighted by Gasteiger charge is -2.21. The Morgan fingerprint density at radius 3 is 2.67 bits per heavy atom. The Morgan fingerprint density at radius 2 is 1.95 bits per heavy atom. The molecule has 1 aromatic carbocycles. The van der Waals surface area contributed by atoms with Crippen LogP contribution in [-0.2, 0) is 10.8 Å². The summed E-state index contributed by atoms with van der Waals surface area (Å²) >= 11 is 0. The largest absolute Gasteiger partial charge is 0.490 e. The van der Waals surface area contributed by atoms with Gasteiger partial charge >= 0.3 is 0 Å². The summed E-state index contributed by atoms with van der Waals surface area (Å²) < 4.78 is 23.6. The summed E-state index contributed by atoms with van der Waals surface area (Å²) in [6.07, 6.45) is 2.77. The number of nitrogens with two attached hydrogens (primary N) is 1. The van der Waals surface area contributed by atoms with E-state index in [1.54, 1.807) is 0 Å². The second-order valence-electron chi connectivity index (χ2n) is 6.18. The third-order valence-electron chi connectivity index (χ3n) is 3.72. The highest BCUT2D eigenvalue weighted by Gasteiger charge is 2.17. The predicted octanol–water partition coefficient (Wildman–Crippen LogP) is 2.72. The summed E-state index contributed by atoms with van der Waals surface area (Å²) in [5.41, 5.74) is 5.84. The van der Waals surface area contributed by atoms with Gasteiger partial charge in [-0.1, -0.05) is 13.8 Å². The Bertz CT molecular complexity index is 502. The summed E-state index contributed by atoms with van der Waals surface area (Å²) in [6, 6.07) is 5.58.